The summed E-state index contributed by atoms with van der Waals surface area (Å²) < 4.78 is 0. The van der Waals surface area contributed by atoms with Crippen molar-refractivity contribution in [2.24, 2.45) is 0 Å². The summed E-state index contributed by atoms with van der Waals surface area (Å²) in [6, 6.07) is -1.76. The Morgan fingerprint density at radius 2 is 2.21 bits per heavy atom. The maximum Gasteiger partial charge on any atom is 0.323 e. The third kappa shape index (κ3) is 3.45. The Balaban J connectivity index is 2.67. The molecule has 1 rings (SSSR count). The molecule has 1 aliphatic heterocycles. The molecule has 0 bridgehead atoms. The normalized spacial score (nSPS) is 18.1. The minimum atomic E-state index is -1.23. The van der Waals surface area contributed by atoms with Crippen LogP contribution in [0.15, 0.2) is 0 Å². The lowest BCUT2D eigenvalue weighted by Gasteiger charge is -2.20. The standard InChI is InChI=1S/C11H13N3O5/c1-3-4-14(6-9(16)17)11(19)12-7-5-8(15)13(2)10(7)18/h1,7H,4-6H2,2H3,(H,12,19)(H,16,17). The molecule has 0 aromatic carbocycles. The molecule has 0 aromatic rings. The van der Waals surface area contributed by atoms with Crippen LogP contribution in [0.2, 0.25) is 0 Å². The SMILES string of the molecule is C#CCN(CC(=O)O)C(=O)NC1CC(=O)N(C)C1=O. The molecular weight excluding hydrogens is 254 g/mol. The number of imide groups is 1. The van der Waals surface area contributed by atoms with Crippen LogP contribution in [0.1, 0.15) is 6.42 Å². The molecule has 1 unspecified atom stereocenters. The van der Waals surface area contributed by atoms with E-state index in [0.717, 1.165) is 9.80 Å². The van der Waals surface area contributed by atoms with Gasteiger partial charge >= 0.3 is 12.0 Å². The van der Waals surface area contributed by atoms with E-state index in [-0.39, 0.29) is 13.0 Å². The Bertz CT molecular complexity index is 467. The molecule has 8 nitrogen and oxygen atoms in total. The van der Waals surface area contributed by atoms with Gasteiger partial charge in [0.2, 0.25) is 5.91 Å². The number of amides is 4. The first kappa shape index (κ1) is 14.5. The molecular formula is C11H13N3O5. The van der Waals surface area contributed by atoms with E-state index >= 15 is 0 Å². The van der Waals surface area contributed by atoms with Gasteiger partial charge in [0.25, 0.3) is 5.91 Å². The zero-order chi connectivity index (χ0) is 14.6. The number of rotatable bonds is 4. The van der Waals surface area contributed by atoms with Crippen molar-refractivity contribution < 1.29 is 24.3 Å². The van der Waals surface area contributed by atoms with Gasteiger partial charge in [-0.05, 0) is 0 Å². The van der Waals surface area contributed by atoms with Gasteiger partial charge in [0, 0.05) is 7.05 Å². The second-order valence-corrected chi connectivity index (χ2v) is 3.95. The van der Waals surface area contributed by atoms with Gasteiger partial charge in [0.1, 0.15) is 12.6 Å². The van der Waals surface area contributed by atoms with E-state index in [2.05, 4.69) is 11.2 Å². The summed E-state index contributed by atoms with van der Waals surface area (Å²) in [6.45, 7) is -0.788. The molecule has 1 atom stereocenters. The van der Waals surface area contributed by atoms with E-state index < -0.39 is 36.4 Å². The van der Waals surface area contributed by atoms with Crippen LogP contribution in [0.25, 0.3) is 0 Å². The number of aliphatic carboxylic acids is 1. The predicted octanol–water partition coefficient (Wildman–Crippen LogP) is -1.53. The number of likely N-dealkylation sites (N-methyl/N-ethyl adjacent to an activating group) is 1. The number of terminal acetylenes is 1. The summed E-state index contributed by atoms with van der Waals surface area (Å²) in [6.07, 6.45) is 4.89. The smallest absolute Gasteiger partial charge is 0.323 e. The Morgan fingerprint density at radius 3 is 2.63 bits per heavy atom. The van der Waals surface area contributed by atoms with Crippen LogP contribution in [0.5, 0.6) is 0 Å². The van der Waals surface area contributed by atoms with Crippen LogP contribution in [0.4, 0.5) is 4.79 Å². The minimum Gasteiger partial charge on any atom is -0.480 e. The van der Waals surface area contributed by atoms with Crippen LogP contribution in [0, 0.1) is 12.3 Å². The van der Waals surface area contributed by atoms with Crippen molar-refractivity contribution in [1.29, 1.82) is 0 Å². The summed E-state index contributed by atoms with van der Waals surface area (Å²) in [7, 11) is 1.31. The molecule has 2 N–H and O–H groups in total. The number of hydrogen-bond donors (Lipinski definition) is 2. The number of carboxylic acid groups (broad SMARTS) is 1. The largest absolute Gasteiger partial charge is 0.480 e. The first-order valence-electron chi connectivity index (χ1n) is 5.38. The average Bonchev–Trinajstić information content (AvgIpc) is 2.56. The van der Waals surface area contributed by atoms with Gasteiger partial charge in [0.05, 0.1) is 13.0 Å². The van der Waals surface area contributed by atoms with E-state index in [9.17, 15) is 19.2 Å². The number of carbonyl (C=O) groups excluding carboxylic acids is 3. The first-order chi connectivity index (χ1) is 8.86. The molecule has 0 saturated carbocycles. The maximum atomic E-state index is 11.8. The average molecular weight is 267 g/mol. The van der Waals surface area contributed by atoms with Gasteiger partial charge in [-0.3, -0.25) is 19.3 Å². The summed E-state index contributed by atoms with van der Waals surface area (Å²) in [5.41, 5.74) is 0. The van der Waals surface area contributed by atoms with E-state index in [1.54, 1.807) is 0 Å². The van der Waals surface area contributed by atoms with Crippen LogP contribution < -0.4 is 5.32 Å². The second-order valence-electron chi connectivity index (χ2n) is 3.95. The van der Waals surface area contributed by atoms with Gasteiger partial charge in [-0.15, -0.1) is 6.42 Å². The summed E-state index contributed by atoms with van der Waals surface area (Å²) >= 11 is 0. The molecule has 102 valence electrons. The molecule has 19 heavy (non-hydrogen) atoms. The fraction of sp³-hybridized carbons (Fsp3) is 0.455. The predicted molar refractivity (Wildman–Crippen MR) is 62.8 cm³/mol. The summed E-state index contributed by atoms with van der Waals surface area (Å²) in [5.74, 6) is -0.0169. The van der Waals surface area contributed by atoms with E-state index in [1.165, 1.54) is 7.05 Å². The molecule has 4 amide bonds. The fourth-order valence-electron chi connectivity index (χ4n) is 1.58. The number of nitrogens with one attached hydrogen (secondary N) is 1. The quantitative estimate of drug-likeness (QED) is 0.475. The molecule has 1 heterocycles. The van der Waals surface area contributed by atoms with E-state index in [0.29, 0.717) is 0 Å². The number of hydrogen-bond acceptors (Lipinski definition) is 4. The van der Waals surface area contributed by atoms with E-state index in [1.807, 2.05) is 0 Å². The Labute approximate surface area is 109 Å². The number of nitrogens with zero attached hydrogens (tertiary/aromatic N) is 2. The van der Waals surface area contributed by atoms with Crippen molar-refractivity contribution in [3.8, 4) is 12.3 Å². The van der Waals surface area contributed by atoms with Crippen molar-refractivity contribution >= 4 is 23.8 Å². The van der Waals surface area contributed by atoms with Gasteiger partial charge in [0.15, 0.2) is 0 Å². The van der Waals surface area contributed by atoms with Gasteiger partial charge < -0.3 is 15.3 Å². The number of likely N-dealkylation sites (tertiary alicyclic amines) is 1. The molecule has 1 fully saturated rings. The zero-order valence-corrected chi connectivity index (χ0v) is 10.3. The topological polar surface area (TPSA) is 107 Å². The Morgan fingerprint density at radius 1 is 1.58 bits per heavy atom. The van der Waals surface area contributed by atoms with Crippen LogP contribution in [-0.2, 0) is 14.4 Å². The summed E-state index contributed by atoms with van der Waals surface area (Å²) in [4.78, 5) is 46.9. The maximum absolute atomic E-state index is 11.8. The van der Waals surface area contributed by atoms with Gasteiger partial charge in [-0.25, -0.2) is 4.79 Å². The van der Waals surface area contributed by atoms with Crippen molar-refractivity contribution in [2.45, 2.75) is 12.5 Å². The number of carboxylic acids is 1. The third-order valence-electron chi connectivity index (χ3n) is 2.57. The third-order valence-corrected chi connectivity index (χ3v) is 2.57. The Kier molecular flexibility index (Phi) is 4.47. The first-order valence-corrected chi connectivity index (χ1v) is 5.38. The van der Waals surface area contributed by atoms with Gasteiger partial charge in [-0.1, -0.05) is 5.92 Å². The zero-order valence-electron chi connectivity index (χ0n) is 10.3. The fourth-order valence-corrected chi connectivity index (χ4v) is 1.58. The Hall–Kier alpha value is -2.56. The lowest BCUT2D eigenvalue weighted by molar-refractivity contribution is -0.138. The van der Waals surface area contributed by atoms with Crippen LogP contribution >= 0.6 is 0 Å². The van der Waals surface area contributed by atoms with Crippen LogP contribution in [0.3, 0.4) is 0 Å². The number of urea groups is 1. The molecule has 0 radical (unpaired) electrons. The van der Waals surface area contributed by atoms with E-state index in [4.69, 9.17) is 11.5 Å². The van der Waals surface area contributed by atoms with Crippen molar-refractivity contribution in [3.05, 3.63) is 0 Å². The minimum absolute atomic E-state index is 0.141. The lowest BCUT2D eigenvalue weighted by Crippen LogP contribution is -2.49. The second kappa shape index (κ2) is 5.86. The summed E-state index contributed by atoms with van der Waals surface area (Å²) in [5, 5.41) is 10.9. The molecule has 0 aromatic heterocycles. The highest BCUT2D eigenvalue weighted by atomic mass is 16.4. The highest BCUT2D eigenvalue weighted by Gasteiger charge is 2.37. The molecule has 1 saturated heterocycles. The van der Waals surface area contributed by atoms with Crippen molar-refractivity contribution in [1.82, 2.24) is 15.1 Å². The van der Waals surface area contributed by atoms with Gasteiger partial charge in [-0.2, -0.15) is 0 Å². The monoisotopic (exact) mass is 267 g/mol. The number of carbonyl (C=O) groups is 4. The van der Waals surface area contributed by atoms with Crippen molar-refractivity contribution in [3.63, 3.8) is 0 Å². The highest BCUT2D eigenvalue weighted by molar-refractivity contribution is 6.06. The highest BCUT2D eigenvalue weighted by Crippen LogP contribution is 2.10. The molecule has 8 heteroatoms. The lowest BCUT2D eigenvalue weighted by atomic mass is 10.2. The molecule has 0 spiro atoms. The van der Waals surface area contributed by atoms with Crippen LogP contribution in [-0.4, -0.2) is 64.9 Å². The molecule has 1 aliphatic rings. The van der Waals surface area contributed by atoms with Crippen molar-refractivity contribution in [2.75, 3.05) is 20.1 Å². The molecule has 0 aliphatic carbocycles.